The number of nitrogens with one attached hydrogen (secondary N) is 1. The number of carbonyl (C=O) groups excluding carboxylic acids is 1. The molecular formula is C16H19F3N2O3. The third-order valence-electron chi connectivity index (χ3n) is 4.16. The van der Waals surface area contributed by atoms with Gasteiger partial charge in [-0.05, 0) is 25.5 Å². The molecule has 1 saturated heterocycles. The van der Waals surface area contributed by atoms with E-state index < -0.39 is 36.4 Å². The lowest BCUT2D eigenvalue weighted by Crippen LogP contribution is -2.34. The Morgan fingerprint density at radius 3 is 2.46 bits per heavy atom. The number of alkyl halides is 3. The van der Waals surface area contributed by atoms with Crippen molar-refractivity contribution in [3.05, 3.63) is 29.3 Å². The maximum atomic E-state index is 12.9. The second-order valence-corrected chi connectivity index (χ2v) is 6.15. The van der Waals surface area contributed by atoms with E-state index in [-0.39, 0.29) is 13.1 Å². The van der Waals surface area contributed by atoms with E-state index in [1.807, 2.05) is 26.0 Å². The lowest BCUT2D eigenvalue weighted by Gasteiger charge is -2.18. The Kier molecular flexibility index (Phi) is 5.17. The topological polar surface area (TPSA) is 69.6 Å². The highest BCUT2D eigenvalue weighted by Gasteiger charge is 2.52. The minimum absolute atomic E-state index is 0.274. The van der Waals surface area contributed by atoms with Crippen LogP contribution in [0.4, 0.5) is 18.9 Å². The number of benzene rings is 1. The number of carbonyl (C=O) groups is 2. The van der Waals surface area contributed by atoms with Gasteiger partial charge in [0, 0.05) is 18.8 Å². The molecule has 2 atom stereocenters. The molecule has 1 aliphatic heterocycles. The zero-order chi connectivity index (χ0) is 18.1. The fourth-order valence-electron chi connectivity index (χ4n) is 2.94. The van der Waals surface area contributed by atoms with Gasteiger partial charge in [0.25, 0.3) is 0 Å². The van der Waals surface area contributed by atoms with Gasteiger partial charge >= 0.3 is 12.1 Å². The lowest BCUT2D eigenvalue weighted by molar-refractivity contribution is -0.188. The standard InChI is InChI=1S/C16H19F3N2O3/c1-9-3-4-13(10(2)5-9)20-14(22)8-21-6-11(15(23)24)12(7-21)16(17,18)19/h3-5,11-12H,6-8H2,1-2H3,(H,20,22)(H,23,24)/t11-,12-/m1/s1. The maximum absolute atomic E-state index is 12.9. The average Bonchev–Trinajstić information content (AvgIpc) is 2.86. The van der Waals surface area contributed by atoms with Gasteiger partial charge in [0.2, 0.25) is 5.91 Å². The highest BCUT2D eigenvalue weighted by molar-refractivity contribution is 5.93. The third kappa shape index (κ3) is 4.25. The highest BCUT2D eigenvalue weighted by atomic mass is 19.4. The van der Waals surface area contributed by atoms with Gasteiger partial charge in [-0.1, -0.05) is 17.7 Å². The lowest BCUT2D eigenvalue weighted by atomic mass is 9.96. The fourth-order valence-corrected chi connectivity index (χ4v) is 2.94. The summed E-state index contributed by atoms with van der Waals surface area (Å²) in [7, 11) is 0. The van der Waals surface area contributed by atoms with E-state index >= 15 is 0 Å². The molecule has 2 rings (SSSR count). The van der Waals surface area contributed by atoms with Crippen LogP contribution < -0.4 is 5.32 Å². The summed E-state index contributed by atoms with van der Waals surface area (Å²) in [4.78, 5) is 24.3. The number of rotatable bonds is 4. The van der Waals surface area contributed by atoms with E-state index in [0.717, 1.165) is 11.1 Å². The predicted octanol–water partition coefficient (Wildman–Crippen LogP) is 2.44. The number of carboxylic acids is 1. The molecule has 24 heavy (non-hydrogen) atoms. The van der Waals surface area contributed by atoms with Gasteiger partial charge in [-0.15, -0.1) is 0 Å². The van der Waals surface area contributed by atoms with E-state index in [9.17, 15) is 22.8 Å². The first kappa shape index (κ1) is 18.3. The number of hydrogen-bond donors (Lipinski definition) is 2. The molecule has 8 heteroatoms. The Labute approximate surface area is 137 Å². The van der Waals surface area contributed by atoms with Gasteiger partial charge in [0.15, 0.2) is 0 Å². The molecule has 1 aromatic carbocycles. The Balaban J connectivity index is 2.00. The average molecular weight is 344 g/mol. The van der Waals surface area contributed by atoms with Crippen molar-refractivity contribution in [1.82, 2.24) is 4.90 Å². The van der Waals surface area contributed by atoms with Crippen LogP contribution in [0.25, 0.3) is 0 Å². The van der Waals surface area contributed by atoms with Crippen LogP contribution in [0.1, 0.15) is 11.1 Å². The molecule has 2 N–H and O–H groups in total. The first-order valence-corrected chi connectivity index (χ1v) is 7.47. The molecule has 0 aliphatic carbocycles. The van der Waals surface area contributed by atoms with E-state index in [1.54, 1.807) is 6.07 Å². The number of carboxylic acid groups (broad SMARTS) is 1. The summed E-state index contributed by atoms with van der Waals surface area (Å²) in [6.45, 7) is 2.68. The van der Waals surface area contributed by atoms with Crippen LogP contribution in [0.2, 0.25) is 0 Å². The minimum atomic E-state index is -4.60. The number of amides is 1. The van der Waals surface area contributed by atoms with Crippen LogP contribution in [0.5, 0.6) is 0 Å². The number of aliphatic carboxylic acids is 1. The van der Waals surface area contributed by atoms with E-state index in [0.29, 0.717) is 5.69 Å². The van der Waals surface area contributed by atoms with Crippen LogP contribution >= 0.6 is 0 Å². The molecule has 132 valence electrons. The summed E-state index contributed by atoms with van der Waals surface area (Å²) in [6, 6.07) is 5.43. The smallest absolute Gasteiger partial charge is 0.393 e. The molecule has 0 bridgehead atoms. The Morgan fingerprint density at radius 2 is 1.96 bits per heavy atom. The van der Waals surface area contributed by atoms with E-state index in [4.69, 9.17) is 5.11 Å². The number of aryl methyl sites for hydroxylation is 2. The van der Waals surface area contributed by atoms with Crippen molar-refractivity contribution in [3.63, 3.8) is 0 Å². The fraction of sp³-hybridized carbons (Fsp3) is 0.500. The van der Waals surface area contributed by atoms with Gasteiger partial charge in [-0.2, -0.15) is 13.2 Å². The minimum Gasteiger partial charge on any atom is -0.481 e. The Bertz CT molecular complexity index is 646. The molecule has 0 aromatic heterocycles. The quantitative estimate of drug-likeness (QED) is 0.880. The zero-order valence-corrected chi connectivity index (χ0v) is 13.4. The Morgan fingerprint density at radius 1 is 1.29 bits per heavy atom. The predicted molar refractivity (Wildman–Crippen MR) is 81.7 cm³/mol. The third-order valence-corrected chi connectivity index (χ3v) is 4.16. The van der Waals surface area contributed by atoms with Gasteiger partial charge < -0.3 is 10.4 Å². The molecule has 1 aromatic rings. The first-order chi connectivity index (χ1) is 11.1. The number of hydrogen-bond acceptors (Lipinski definition) is 3. The number of anilines is 1. The van der Waals surface area contributed by atoms with Crippen LogP contribution in [0, 0.1) is 25.7 Å². The summed E-state index contributed by atoms with van der Waals surface area (Å²) >= 11 is 0. The molecule has 0 unspecified atom stereocenters. The van der Waals surface area contributed by atoms with Crippen molar-refractivity contribution in [2.24, 2.45) is 11.8 Å². The molecule has 5 nitrogen and oxygen atoms in total. The summed E-state index contributed by atoms with van der Waals surface area (Å²) < 4.78 is 38.8. The summed E-state index contributed by atoms with van der Waals surface area (Å²) in [5.74, 6) is -5.45. The number of nitrogens with zero attached hydrogens (tertiary/aromatic N) is 1. The van der Waals surface area contributed by atoms with Gasteiger partial charge in [0.05, 0.1) is 18.4 Å². The molecule has 0 radical (unpaired) electrons. The van der Waals surface area contributed by atoms with Crippen molar-refractivity contribution in [1.29, 1.82) is 0 Å². The van der Waals surface area contributed by atoms with Gasteiger partial charge in [0.1, 0.15) is 0 Å². The molecule has 1 amide bonds. The van der Waals surface area contributed by atoms with Crippen molar-refractivity contribution in [3.8, 4) is 0 Å². The molecular weight excluding hydrogens is 325 g/mol. The largest absolute Gasteiger partial charge is 0.481 e. The Hall–Kier alpha value is -2.09. The normalized spacial score (nSPS) is 21.7. The van der Waals surface area contributed by atoms with E-state index in [1.165, 1.54) is 4.90 Å². The number of likely N-dealkylation sites (tertiary alicyclic amines) is 1. The van der Waals surface area contributed by atoms with Gasteiger partial charge in [-0.25, -0.2) is 0 Å². The molecule has 0 saturated carbocycles. The van der Waals surface area contributed by atoms with Crippen LogP contribution in [0.15, 0.2) is 18.2 Å². The van der Waals surface area contributed by atoms with Crippen LogP contribution in [0.3, 0.4) is 0 Å². The van der Waals surface area contributed by atoms with Crippen molar-refractivity contribution >= 4 is 17.6 Å². The zero-order valence-electron chi connectivity index (χ0n) is 13.4. The summed E-state index contributed by atoms with van der Waals surface area (Å²) in [5.41, 5.74) is 2.47. The maximum Gasteiger partial charge on any atom is 0.393 e. The van der Waals surface area contributed by atoms with Crippen LogP contribution in [-0.2, 0) is 9.59 Å². The molecule has 1 heterocycles. The molecule has 1 fully saturated rings. The molecule has 0 spiro atoms. The first-order valence-electron chi connectivity index (χ1n) is 7.47. The summed E-state index contributed by atoms with van der Waals surface area (Å²) in [6.07, 6.45) is -4.60. The summed E-state index contributed by atoms with van der Waals surface area (Å²) in [5, 5.41) is 11.6. The van der Waals surface area contributed by atoms with E-state index in [2.05, 4.69) is 5.32 Å². The van der Waals surface area contributed by atoms with Crippen molar-refractivity contribution < 1.29 is 27.9 Å². The monoisotopic (exact) mass is 344 g/mol. The van der Waals surface area contributed by atoms with Crippen molar-refractivity contribution in [2.45, 2.75) is 20.0 Å². The number of halogens is 3. The van der Waals surface area contributed by atoms with Crippen LogP contribution in [-0.4, -0.2) is 47.7 Å². The second-order valence-electron chi connectivity index (χ2n) is 6.15. The van der Waals surface area contributed by atoms with Gasteiger partial charge in [-0.3, -0.25) is 14.5 Å². The molecule has 1 aliphatic rings. The van der Waals surface area contributed by atoms with Crippen molar-refractivity contribution in [2.75, 3.05) is 25.0 Å². The second kappa shape index (κ2) is 6.80. The SMILES string of the molecule is Cc1ccc(NC(=O)CN2C[C@@H](C(F)(F)F)[C@H](C(=O)O)C2)c(C)c1. The highest BCUT2D eigenvalue weighted by Crippen LogP contribution is 2.37.